The Labute approximate surface area is 263 Å². The molecule has 232 valence electrons. The second-order valence-corrected chi connectivity index (χ2v) is 12.8. The van der Waals surface area contributed by atoms with Crippen molar-refractivity contribution in [2.24, 2.45) is 0 Å². The molecule has 1 atom stereocenters. The molecule has 9 nitrogen and oxygen atoms in total. The molecule has 0 aliphatic carbocycles. The van der Waals surface area contributed by atoms with E-state index in [1.165, 1.54) is 37.3 Å². The number of rotatable bonds is 13. The van der Waals surface area contributed by atoms with E-state index in [1.54, 1.807) is 37.3 Å². The third kappa shape index (κ3) is 8.34. The normalized spacial score (nSPS) is 11.9. The van der Waals surface area contributed by atoms with Crippen molar-refractivity contribution in [1.82, 2.24) is 10.2 Å². The van der Waals surface area contributed by atoms with Gasteiger partial charge in [-0.05, 0) is 80.3 Å². The summed E-state index contributed by atoms with van der Waals surface area (Å²) in [7, 11) is -1.45. The first-order valence-electron chi connectivity index (χ1n) is 13.7. The van der Waals surface area contributed by atoms with Crippen molar-refractivity contribution in [2.45, 2.75) is 51.6 Å². The molecule has 0 heterocycles. The summed E-state index contributed by atoms with van der Waals surface area (Å²) >= 11 is 12.3. The van der Waals surface area contributed by atoms with Crippen LogP contribution in [0.4, 0.5) is 5.69 Å². The van der Waals surface area contributed by atoms with Crippen LogP contribution in [-0.4, -0.2) is 58.5 Å². The predicted molar refractivity (Wildman–Crippen MR) is 170 cm³/mol. The van der Waals surface area contributed by atoms with E-state index in [4.69, 9.17) is 32.7 Å². The number of nitrogens with one attached hydrogen (secondary N) is 1. The van der Waals surface area contributed by atoms with E-state index in [1.807, 2.05) is 26.8 Å². The van der Waals surface area contributed by atoms with Gasteiger partial charge in [0.2, 0.25) is 11.8 Å². The molecule has 3 aromatic rings. The number of ether oxygens (including phenoxy) is 2. The van der Waals surface area contributed by atoms with Gasteiger partial charge in [-0.25, -0.2) is 8.42 Å². The molecule has 0 bridgehead atoms. The van der Waals surface area contributed by atoms with Gasteiger partial charge in [-0.3, -0.25) is 13.9 Å². The minimum absolute atomic E-state index is 0.00642. The molecule has 0 aliphatic heterocycles. The highest BCUT2D eigenvalue weighted by molar-refractivity contribution is 7.92. The molecule has 1 unspecified atom stereocenters. The highest BCUT2D eigenvalue weighted by atomic mass is 35.5. The number of aryl methyl sites for hydroxylation is 2. The summed E-state index contributed by atoms with van der Waals surface area (Å²) in [5.74, 6) is -0.377. The van der Waals surface area contributed by atoms with Crippen LogP contribution in [0.3, 0.4) is 0 Å². The Kier molecular flexibility index (Phi) is 11.7. The molecule has 1 N–H and O–H groups in total. The summed E-state index contributed by atoms with van der Waals surface area (Å²) in [6, 6.07) is 13.5. The van der Waals surface area contributed by atoms with Gasteiger partial charge in [0.15, 0.2) is 11.5 Å². The number of carbonyl (C=O) groups excluding carboxylic acids is 2. The van der Waals surface area contributed by atoms with Gasteiger partial charge in [0, 0.05) is 19.2 Å². The number of amides is 2. The number of sulfonamides is 1. The van der Waals surface area contributed by atoms with Crippen molar-refractivity contribution < 1.29 is 27.5 Å². The Balaban J connectivity index is 2.11. The molecule has 3 aromatic carbocycles. The zero-order chi connectivity index (χ0) is 31.9. The Hall–Kier alpha value is -3.47. The van der Waals surface area contributed by atoms with E-state index in [0.717, 1.165) is 15.4 Å². The van der Waals surface area contributed by atoms with Gasteiger partial charge in [-0.1, -0.05) is 42.3 Å². The first-order chi connectivity index (χ1) is 20.3. The number of carbonyl (C=O) groups is 2. The van der Waals surface area contributed by atoms with Crippen LogP contribution < -0.4 is 19.1 Å². The number of methoxy groups -OCH3 is 2. The molecular formula is C31H37Cl2N3O6S. The standard InChI is InChI=1S/C31H37Cl2N3O6S/c1-7-12-34-31(38)22(4)35(18-23-8-10-26(32)27(33)16-23)30(37)19-36(24-14-20(2)13-21(3)15-24)43(39,40)25-9-11-28(41-5)29(17-25)42-6/h8-11,13-17,22H,7,12,18-19H2,1-6H3,(H,34,38). The summed E-state index contributed by atoms with van der Waals surface area (Å²) in [5, 5.41) is 3.46. The highest BCUT2D eigenvalue weighted by Crippen LogP contribution is 2.33. The summed E-state index contributed by atoms with van der Waals surface area (Å²) in [5.41, 5.74) is 2.56. The fourth-order valence-electron chi connectivity index (χ4n) is 4.54. The second-order valence-electron chi connectivity index (χ2n) is 10.1. The van der Waals surface area contributed by atoms with Gasteiger partial charge in [0.05, 0.1) is 34.8 Å². The van der Waals surface area contributed by atoms with Crippen LogP contribution in [0.15, 0.2) is 59.5 Å². The van der Waals surface area contributed by atoms with Gasteiger partial charge in [0.25, 0.3) is 10.0 Å². The van der Waals surface area contributed by atoms with Crippen molar-refractivity contribution in [1.29, 1.82) is 0 Å². The van der Waals surface area contributed by atoms with Crippen molar-refractivity contribution in [2.75, 3.05) is 31.6 Å². The lowest BCUT2D eigenvalue weighted by Crippen LogP contribution is -2.51. The Morgan fingerprint density at radius 1 is 0.907 bits per heavy atom. The molecule has 0 radical (unpaired) electrons. The lowest BCUT2D eigenvalue weighted by molar-refractivity contribution is -0.139. The number of nitrogens with zero attached hydrogens (tertiary/aromatic N) is 2. The average Bonchev–Trinajstić information content (AvgIpc) is 2.97. The van der Waals surface area contributed by atoms with Crippen LogP contribution in [0.2, 0.25) is 10.0 Å². The van der Waals surface area contributed by atoms with Gasteiger partial charge in [-0.15, -0.1) is 0 Å². The van der Waals surface area contributed by atoms with E-state index in [9.17, 15) is 18.0 Å². The average molecular weight is 651 g/mol. The van der Waals surface area contributed by atoms with Gasteiger partial charge in [-0.2, -0.15) is 0 Å². The zero-order valence-electron chi connectivity index (χ0n) is 25.1. The molecular weight excluding hydrogens is 613 g/mol. The van der Waals surface area contributed by atoms with Crippen molar-refractivity contribution in [3.8, 4) is 11.5 Å². The van der Waals surface area contributed by atoms with Gasteiger partial charge in [0.1, 0.15) is 12.6 Å². The first kappa shape index (κ1) is 34.0. The minimum Gasteiger partial charge on any atom is -0.493 e. The smallest absolute Gasteiger partial charge is 0.264 e. The molecule has 0 saturated heterocycles. The zero-order valence-corrected chi connectivity index (χ0v) is 27.4. The molecule has 2 amide bonds. The molecule has 43 heavy (non-hydrogen) atoms. The molecule has 3 rings (SSSR count). The van der Waals surface area contributed by atoms with Gasteiger partial charge < -0.3 is 19.7 Å². The number of benzene rings is 3. The van der Waals surface area contributed by atoms with E-state index in [-0.39, 0.29) is 23.1 Å². The van der Waals surface area contributed by atoms with Gasteiger partial charge >= 0.3 is 0 Å². The maximum atomic E-state index is 14.2. The van der Waals surface area contributed by atoms with Crippen LogP contribution >= 0.6 is 23.2 Å². The Morgan fingerprint density at radius 2 is 1.56 bits per heavy atom. The van der Waals surface area contributed by atoms with Crippen LogP contribution in [0.1, 0.15) is 37.0 Å². The van der Waals surface area contributed by atoms with Crippen LogP contribution in [0.5, 0.6) is 11.5 Å². The number of halogens is 2. The summed E-state index contributed by atoms with van der Waals surface area (Å²) in [6.45, 7) is 7.06. The molecule has 0 aliphatic rings. The lowest BCUT2D eigenvalue weighted by Gasteiger charge is -2.32. The Morgan fingerprint density at radius 3 is 2.14 bits per heavy atom. The SMILES string of the molecule is CCCNC(=O)C(C)N(Cc1ccc(Cl)c(Cl)c1)C(=O)CN(c1cc(C)cc(C)c1)S(=O)(=O)c1ccc(OC)c(OC)c1. The number of hydrogen-bond donors (Lipinski definition) is 1. The third-order valence-corrected chi connectivity index (χ3v) is 9.28. The second kappa shape index (κ2) is 14.8. The van der Waals surface area contributed by atoms with E-state index in [0.29, 0.717) is 40.0 Å². The molecule has 0 aromatic heterocycles. The first-order valence-corrected chi connectivity index (χ1v) is 15.9. The maximum absolute atomic E-state index is 14.2. The van der Waals surface area contributed by atoms with E-state index >= 15 is 0 Å². The van der Waals surface area contributed by atoms with Crippen LogP contribution in [0.25, 0.3) is 0 Å². The third-order valence-electron chi connectivity index (χ3n) is 6.77. The fourth-order valence-corrected chi connectivity index (χ4v) is 6.28. The summed E-state index contributed by atoms with van der Waals surface area (Å²) in [6.07, 6.45) is 0.712. The quantitative estimate of drug-likeness (QED) is 0.252. The Bertz CT molecular complexity index is 1560. The number of anilines is 1. The highest BCUT2D eigenvalue weighted by Gasteiger charge is 2.33. The predicted octanol–water partition coefficient (Wildman–Crippen LogP) is 5.77. The van der Waals surface area contributed by atoms with Crippen LogP contribution in [-0.2, 0) is 26.2 Å². The fraction of sp³-hybridized carbons (Fsp3) is 0.355. The topological polar surface area (TPSA) is 105 Å². The molecule has 0 fully saturated rings. The van der Waals surface area contributed by atoms with Crippen molar-refractivity contribution in [3.05, 3.63) is 81.3 Å². The van der Waals surface area contributed by atoms with E-state index < -0.39 is 28.5 Å². The monoisotopic (exact) mass is 649 g/mol. The maximum Gasteiger partial charge on any atom is 0.264 e. The summed E-state index contributed by atoms with van der Waals surface area (Å²) < 4.78 is 40.1. The molecule has 12 heteroatoms. The molecule has 0 saturated carbocycles. The summed E-state index contributed by atoms with van der Waals surface area (Å²) in [4.78, 5) is 28.4. The molecule has 0 spiro atoms. The van der Waals surface area contributed by atoms with Crippen LogP contribution in [0, 0.1) is 13.8 Å². The number of hydrogen-bond acceptors (Lipinski definition) is 6. The largest absolute Gasteiger partial charge is 0.493 e. The lowest BCUT2D eigenvalue weighted by atomic mass is 10.1. The minimum atomic E-state index is -4.31. The van der Waals surface area contributed by atoms with Crippen molar-refractivity contribution in [3.63, 3.8) is 0 Å². The van der Waals surface area contributed by atoms with Crippen molar-refractivity contribution >= 4 is 50.7 Å². The van der Waals surface area contributed by atoms with E-state index in [2.05, 4.69) is 5.32 Å².